The smallest absolute Gasteiger partial charge is 0.420 e. The molecule has 2 rings (SSSR count). The molecule has 0 radical (unpaired) electrons. The van der Waals surface area contributed by atoms with Crippen LogP contribution >= 0.6 is 0 Å². The number of rotatable bonds is 3. The summed E-state index contributed by atoms with van der Waals surface area (Å²) >= 11 is 0. The molecule has 0 aliphatic carbocycles. The highest BCUT2D eigenvalue weighted by molar-refractivity contribution is 5.94. The average molecular weight is 290 g/mol. The maximum Gasteiger partial charge on any atom is 0.420 e. The van der Waals surface area contributed by atoms with Gasteiger partial charge in [0.05, 0.1) is 24.2 Å². The molecule has 6 nitrogen and oxygen atoms in total. The average Bonchev–Trinajstić information content (AvgIpc) is 2.64. The van der Waals surface area contributed by atoms with Gasteiger partial charge in [0.25, 0.3) is 0 Å². The first-order valence-corrected chi connectivity index (χ1v) is 5.55. The molecule has 110 valence electrons. The Kier molecular flexibility index (Phi) is 3.46. The van der Waals surface area contributed by atoms with Crippen molar-refractivity contribution in [3.63, 3.8) is 0 Å². The summed E-state index contributed by atoms with van der Waals surface area (Å²) in [4.78, 5) is 3.80. The molecule has 0 aromatic carbocycles. The molecule has 2 aromatic heterocycles. The van der Waals surface area contributed by atoms with E-state index in [1.165, 1.54) is 18.0 Å². The number of nitrogens with zero attached hydrogens (tertiary/aromatic N) is 3. The molecule has 2 aromatic rings. The predicted molar refractivity (Wildman–Crippen MR) is 65.3 cm³/mol. The van der Waals surface area contributed by atoms with E-state index in [2.05, 4.69) is 14.8 Å². The zero-order chi connectivity index (χ0) is 15.1. The topological polar surface area (TPSA) is 75.2 Å². The van der Waals surface area contributed by atoms with Crippen LogP contribution in [-0.2, 0) is 11.8 Å². The summed E-state index contributed by atoms with van der Waals surface area (Å²) in [5.74, 6) is -0.0164. The number of ether oxygens (including phenoxy) is 2. The van der Waals surface area contributed by atoms with Crippen molar-refractivity contribution in [3.05, 3.63) is 11.9 Å². The van der Waals surface area contributed by atoms with E-state index in [1.807, 2.05) is 0 Å². The third-order valence-corrected chi connectivity index (χ3v) is 2.89. The molecule has 0 aliphatic rings. The normalized spacial score (nSPS) is 13.7. The van der Waals surface area contributed by atoms with Gasteiger partial charge in [-0.1, -0.05) is 0 Å². The van der Waals surface area contributed by atoms with Gasteiger partial charge in [-0.15, -0.1) is 0 Å². The van der Waals surface area contributed by atoms with Crippen molar-refractivity contribution >= 4 is 16.7 Å². The quantitative estimate of drug-likeness (QED) is 0.933. The van der Waals surface area contributed by atoms with Crippen molar-refractivity contribution in [2.24, 2.45) is 7.05 Å². The van der Waals surface area contributed by atoms with E-state index < -0.39 is 12.3 Å². The third kappa shape index (κ3) is 2.13. The molecule has 9 heteroatoms. The number of aryl methyl sites for hydroxylation is 1. The molecule has 0 saturated carbocycles. The Morgan fingerprint density at radius 1 is 1.35 bits per heavy atom. The Hall–Kier alpha value is -2.03. The zero-order valence-corrected chi connectivity index (χ0v) is 11.0. The molecule has 2 N–H and O–H groups in total. The molecule has 0 fully saturated rings. The summed E-state index contributed by atoms with van der Waals surface area (Å²) < 4.78 is 49.8. The van der Waals surface area contributed by atoms with E-state index in [-0.39, 0.29) is 22.6 Å². The minimum Gasteiger partial charge on any atom is -0.494 e. The number of nitrogen functional groups attached to an aromatic ring is 1. The maximum absolute atomic E-state index is 13.0. The number of halogens is 3. The monoisotopic (exact) mass is 290 g/mol. The lowest BCUT2D eigenvalue weighted by atomic mass is 10.1. The van der Waals surface area contributed by atoms with Gasteiger partial charge in [0.1, 0.15) is 5.69 Å². The second-order valence-electron chi connectivity index (χ2n) is 4.10. The van der Waals surface area contributed by atoms with Crippen LogP contribution in [0, 0.1) is 0 Å². The van der Waals surface area contributed by atoms with E-state index in [1.54, 1.807) is 7.05 Å². The standard InChI is InChI=1S/C11H13F3N4O2/c1-18-5-4-16-7(9(20-3)11(12,13)14)8(19-2)6(5)10(15)17-18/h4,9H,1-3H3,(H2,15,17). The van der Waals surface area contributed by atoms with Crippen molar-refractivity contribution < 1.29 is 22.6 Å². The molecule has 1 unspecified atom stereocenters. The molecule has 0 aliphatic heterocycles. The summed E-state index contributed by atoms with van der Waals surface area (Å²) in [5, 5.41) is 4.22. The Morgan fingerprint density at radius 3 is 2.50 bits per heavy atom. The molecular formula is C11H13F3N4O2. The lowest BCUT2D eigenvalue weighted by Gasteiger charge is -2.20. The minimum absolute atomic E-state index is 0.0695. The van der Waals surface area contributed by atoms with Gasteiger partial charge < -0.3 is 15.2 Å². The Bertz CT molecular complexity index is 639. The van der Waals surface area contributed by atoms with E-state index >= 15 is 0 Å². The first-order valence-electron chi connectivity index (χ1n) is 5.55. The number of hydrogen-bond acceptors (Lipinski definition) is 5. The Labute approximate surface area is 112 Å². The van der Waals surface area contributed by atoms with Gasteiger partial charge in [-0.3, -0.25) is 9.67 Å². The number of aromatic nitrogens is 3. The highest BCUT2D eigenvalue weighted by Gasteiger charge is 2.44. The summed E-state index contributed by atoms with van der Waals surface area (Å²) in [5.41, 5.74) is 5.80. The van der Waals surface area contributed by atoms with E-state index in [0.29, 0.717) is 5.52 Å². The van der Waals surface area contributed by atoms with Gasteiger partial charge in [-0.05, 0) is 0 Å². The molecule has 0 spiro atoms. The lowest BCUT2D eigenvalue weighted by Crippen LogP contribution is -2.24. The highest BCUT2D eigenvalue weighted by Crippen LogP contribution is 2.42. The summed E-state index contributed by atoms with van der Waals surface area (Å²) in [6.45, 7) is 0. The van der Waals surface area contributed by atoms with E-state index in [9.17, 15) is 13.2 Å². The van der Waals surface area contributed by atoms with Gasteiger partial charge in [0.15, 0.2) is 17.7 Å². The SMILES string of the molecule is COc1c(C(OC)C(F)(F)F)ncc2c1c(N)nn2C. The van der Waals surface area contributed by atoms with Crippen molar-refractivity contribution in [2.75, 3.05) is 20.0 Å². The second kappa shape index (κ2) is 4.82. The van der Waals surface area contributed by atoms with E-state index in [0.717, 1.165) is 7.11 Å². The van der Waals surface area contributed by atoms with Crippen LogP contribution in [0.4, 0.5) is 19.0 Å². The highest BCUT2D eigenvalue weighted by atomic mass is 19.4. The summed E-state index contributed by atoms with van der Waals surface area (Å²) in [6, 6.07) is 0. The molecular weight excluding hydrogens is 277 g/mol. The van der Waals surface area contributed by atoms with Crippen molar-refractivity contribution in [1.29, 1.82) is 0 Å². The van der Waals surface area contributed by atoms with Gasteiger partial charge in [-0.2, -0.15) is 18.3 Å². The Morgan fingerprint density at radius 2 is 2.00 bits per heavy atom. The fourth-order valence-electron chi connectivity index (χ4n) is 2.05. The first-order chi connectivity index (χ1) is 9.31. The minimum atomic E-state index is -4.61. The Balaban J connectivity index is 2.74. The summed E-state index contributed by atoms with van der Waals surface area (Å²) in [6.07, 6.45) is -5.55. The number of pyridine rings is 1. The fraction of sp³-hybridized carbons (Fsp3) is 0.455. The number of hydrogen-bond donors (Lipinski definition) is 1. The van der Waals surface area contributed by atoms with Crippen LogP contribution in [0.1, 0.15) is 11.8 Å². The molecule has 0 bridgehead atoms. The number of fused-ring (bicyclic) bond motifs is 1. The van der Waals surface area contributed by atoms with Crippen LogP contribution in [0.2, 0.25) is 0 Å². The van der Waals surface area contributed by atoms with Crippen molar-refractivity contribution in [1.82, 2.24) is 14.8 Å². The summed E-state index contributed by atoms with van der Waals surface area (Å²) in [7, 11) is 3.81. The number of alkyl halides is 3. The third-order valence-electron chi connectivity index (χ3n) is 2.89. The lowest BCUT2D eigenvalue weighted by molar-refractivity contribution is -0.217. The van der Waals surface area contributed by atoms with Gasteiger partial charge >= 0.3 is 6.18 Å². The van der Waals surface area contributed by atoms with Crippen molar-refractivity contribution in [3.8, 4) is 5.75 Å². The number of methoxy groups -OCH3 is 2. The second-order valence-corrected chi connectivity index (χ2v) is 4.10. The molecule has 0 saturated heterocycles. The van der Waals surface area contributed by atoms with Gasteiger partial charge in [-0.25, -0.2) is 0 Å². The van der Waals surface area contributed by atoms with Gasteiger partial charge in [0.2, 0.25) is 0 Å². The van der Waals surface area contributed by atoms with Crippen LogP contribution in [0.25, 0.3) is 10.9 Å². The van der Waals surface area contributed by atoms with Gasteiger partial charge in [0, 0.05) is 14.2 Å². The van der Waals surface area contributed by atoms with Crippen LogP contribution in [0.5, 0.6) is 5.75 Å². The molecule has 1 atom stereocenters. The predicted octanol–water partition coefficient (Wildman–Crippen LogP) is 1.81. The molecule has 0 amide bonds. The van der Waals surface area contributed by atoms with Crippen LogP contribution in [0.3, 0.4) is 0 Å². The van der Waals surface area contributed by atoms with Crippen LogP contribution < -0.4 is 10.5 Å². The molecule has 20 heavy (non-hydrogen) atoms. The molecule has 2 heterocycles. The first kappa shape index (κ1) is 14.4. The van der Waals surface area contributed by atoms with E-state index in [4.69, 9.17) is 10.5 Å². The van der Waals surface area contributed by atoms with Crippen molar-refractivity contribution in [2.45, 2.75) is 12.3 Å². The number of anilines is 1. The fourth-order valence-corrected chi connectivity index (χ4v) is 2.05. The van der Waals surface area contributed by atoms with Crippen LogP contribution in [-0.4, -0.2) is 35.2 Å². The van der Waals surface area contributed by atoms with Crippen LogP contribution in [0.15, 0.2) is 6.20 Å². The largest absolute Gasteiger partial charge is 0.494 e. The number of nitrogens with two attached hydrogens (primary N) is 1. The zero-order valence-electron chi connectivity index (χ0n) is 11.0. The maximum atomic E-state index is 13.0.